The fourth-order valence-corrected chi connectivity index (χ4v) is 2.35. The van der Waals surface area contributed by atoms with E-state index >= 15 is 0 Å². The van der Waals surface area contributed by atoms with Gasteiger partial charge in [0, 0.05) is 43.8 Å². The van der Waals surface area contributed by atoms with E-state index in [1.165, 1.54) is 5.69 Å². The van der Waals surface area contributed by atoms with E-state index in [9.17, 15) is 4.79 Å². The van der Waals surface area contributed by atoms with Crippen molar-refractivity contribution in [2.75, 3.05) is 31.1 Å². The van der Waals surface area contributed by atoms with Crippen LogP contribution in [0, 0.1) is 0 Å². The molecule has 1 N–H and O–H groups in total. The molecule has 1 fully saturated rings. The summed E-state index contributed by atoms with van der Waals surface area (Å²) in [5.41, 5.74) is 1.21. The number of carbonyl (C=O) groups is 1. The number of benzene rings is 1. The quantitative estimate of drug-likeness (QED) is 0.800. The van der Waals surface area contributed by atoms with Crippen molar-refractivity contribution in [3.8, 4) is 0 Å². The zero-order valence-electron chi connectivity index (χ0n) is 8.87. The molecule has 0 bridgehead atoms. The van der Waals surface area contributed by atoms with Crippen LogP contribution in [0.1, 0.15) is 0 Å². The second-order valence-electron chi connectivity index (χ2n) is 3.61. The van der Waals surface area contributed by atoms with Crippen LogP contribution >= 0.6 is 11.9 Å². The summed E-state index contributed by atoms with van der Waals surface area (Å²) in [6.07, 6.45) is 0. The van der Waals surface area contributed by atoms with Crippen molar-refractivity contribution in [3.05, 3.63) is 30.3 Å². The first-order valence-electron chi connectivity index (χ1n) is 5.21. The molecule has 4 nitrogen and oxygen atoms in total. The Hall–Kier alpha value is -1.20. The van der Waals surface area contributed by atoms with Crippen molar-refractivity contribution in [2.45, 2.75) is 0 Å². The molecule has 0 aromatic heterocycles. The third-order valence-electron chi connectivity index (χ3n) is 2.57. The summed E-state index contributed by atoms with van der Waals surface area (Å²) in [7, 11) is 0. The largest absolute Gasteiger partial charge is 0.472 e. The van der Waals surface area contributed by atoms with Gasteiger partial charge < -0.3 is 10.0 Å². The van der Waals surface area contributed by atoms with E-state index in [-0.39, 0.29) is 0 Å². The third-order valence-corrected chi connectivity index (χ3v) is 3.35. The molecular formula is C11H14N2O2S. The lowest BCUT2D eigenvalue weighted by Gasteiger charge is -2.34. The molecule has 1 saturated heterocycles. The molecule has 16 heavy (non-hydrogen) atoms. The standard InChI is InChI=1S/C11H14N2O2S/c14-11(15)16-13-8-6-12(7-9-13)10-4-2-1-3-5-10/h1-5H,6-9H2,(H,14,15). The summed E-state index contributed by atoms with van der Waals surface area (Å²) in [5, 5.41) is 7.83. The second kappa shape index (κ2) is 5.23. The molecule has 1 aromatic rings. The number of nitrogens with zero attached hydrogens (tertiary/aromatic N) is 2. The van der Waals surface area contributed by atoms with Crippen LogP contribution in [0.25, 0.3) is 0 Å². The monoisotopic (exact) mass is 238 g/mol. The zero-order valence-corrected chi connectivity index (χ0v) is 9.69. The van der Waals surface area contributed by atoms with E-state index in [1.807, 2.05) is 22.5 Å². The van der Waals surface area contributed by atoms with Gasteiger partial charge in [0.1, 0.15) is 0 Å². The summed E-state index contributed by atoms with van der Waals surface area (Å²) < 4.78 is 1.89. The molecule has 2 rings (SSSR count). The van der Waals surface area contributed by atoms with Crippen LogP contribution < -0.4 is 4.90 Å². The Morgan fingerprint density at radius 3 is 2.31 bits per heavy atom. The Labute approximate surface area is 99.0 Å². The van der Waals surface area contributed by atoms with Gasteiger partial charge in [-0.2, -0.15) is 0 Å². The van der Waals surface area contributed by atoms with Crippen molar-refractivity contribution < 1.29 is 9.90 Å². The molecule has 86 valence electrons. The van der Waals surface area contributed by atoms with Crippen molar-refractivity contribution in [1.29, 1.82) is 0 Å². The van der Waals surface area contributed by atoms with Gasteiger partial charge in [-0.15, -0.1) is 0 Å². The normalized spacial score (nSPS) is 17.4. The maximum Gasteiger partial charge on any atom is 0.380 e. The molecule has 1 aliphatic rings. The van der Waals surface area contributed by atoms with E-state index in [4.69, 9.17) is 5.11 Å². The van der Waals surface area contributed by atoms with E-state index < -0.39 is 5.30 Å². The van der Waals surface area contributed by atoms with Crippen molar-refractivity contribution in [2.24, 2.45) is 0 Å². The highest BCUT2D eigenvalue weighted by Gasteiger charge is 2.19. The fraction of sp³-hybridized carbons (Fsp3) is 0.364. The minimum absolute atomic E-state index is 0.784. The molecule has 1 heterocycles. The Balaban J connectivity index is 1.88. The Morgan fingerprint density at radius 1 is 1.12 bits per heavy atom. The molecule has 1 aliphatic heterocycles. The van der Waals surface area contributed by atoms with E-state index in [0.717, 1.165) is 38.1 Å². The molecule has 1 aromatic carbocycles. The molecule has 0 spiro atoms. The number of hydrogen-bond donors (Lipinski definition) is 1. The van der Waals surface area contributed by atoms with Crippen LogP contribution in [-0.2, 0) is 0 Å². The number of hydrogen-bond acceptors (Lipinski definition) is 4. The van der Waals surface area contributed by atoms with Crippen LogP contribution in [0.4, 0.5) is 10.5 Å². The maximum absolute atomic E-state index is 10.5. The average molecular weight is 238 g/mol. The summed E-state index contributed by atoms with van der Waals surface area (Å²) in [6.45, 7) is 3.33. The fourth-order valence-electron chi connectivity index (χ4n) is 1.79. The molecule has 0 atom stereocenters. The zero-order chi connectivity index (χ0) is 11.4. The van der Waals surface area contributed by atoms with Gasteiger partial charge in [0.25, 0.3) is 0 Å². The molecule has 0 unspecified atom stereocenters. The van der Waals surface area contributed by atoms with Crippen molar-refractivity contribution in [1.82, 2.24) is 4.31 Å². The lowest BCUT2D eigenvalue weighted by molar-refractivity contribution is 0.220. The van der Waals surface area contributed by atoms with E-state index in [0.29, 0.717) is 0 Å². The SMILES string of the molecule is O=C(O)SN1CCN(c2ccccc2)CC1. The van der Waals surface area contributed by atoms with Gasteiger partial charge in [-0.05, 0) is 12.1 Å². The van der Waals surface area contributed by atoms with E-state index in [1.54, 1.807) is 0 Å². The minimum atomic E-state index is -0.826. The van der Waals surface area contributed by atoms with Crippen LogP contribution in [0.3, 0.4) is 0 Å². The number of anilines is 1. The predicted molar refractivity (Wildman–Crippen MR) is 65.8 cm³/mol. The Bertz CT molecular complexity index is 350. The first kappa shape index (κ1) is 11.3. The third kappa shape index (κ3) is 2.90. The number of carboxylic acid groups (broad SMARTS) is 1. The number of piperazine rings is 1. The maximum atomic E-state index is 10.5. The predicted octanol–water partition coefficient (Wildman–Crippen LogP) is 2.13. The lowest BCUT2D eigenvalue weighted by atomic mass is 10.2. The highest BCUT2D eigenvalue weighted by Crippen LogP contribution is 2.19. The highest BCUT2D eigenvalue weighted by molar-refractivity contribution is 8.11. The van der Waals surface area contributed by atoms with Crippen LogP contribution in [-0.4, -0.2) is 40.9 Å². The van der Waals surface area contributed by atoms with Gasteiger partial charge in [0.05, 0.1) is 0 Å². The van der Waals surface area contributed by atoms with Crippen LogP contribution in [0.5, 0.6) is 0 Å². The van der Waals surface area contributed by atoms with Crippen molar-refractivity contribution in [3.63, 3.8) is 0 Å². The topological polar surface area (TPSA) is 43.8 Å². The van der Waals surface area contributed by atoms with Gasteiger partial charge in [-0.1, -0.05) is 18.2 Å². The Morgan fingerprint density at radius 2 is 1.75 bits per heavy atom. The highest BCUT2D eigenvalue weighted by atomic mass is 32.2. The molecule has 5 heteroatoms. The molecular weight excluding hydrogens is 224 g/mol. The molecule has 0 aliphatic carbocycles. The smallest absolute Gasteiger partial charge is 0.380 e. The molecule has 0 saturated carbocycles. The molecule has 0 radical (unpaired) electrons. The first-order chi connectivity index (χ1) is 7.75. The van der Waals surface area contributed by atoms with Gasteiger partial charge in [0.15, 0.2) is 0 Å². The minimum Gasteiger partial charge on any atom is -0.472 e. The van der Waals surface area contributed by atoms with Crippen LogP contribution in [0.15, 0.2) is 30.3 Å². The lowest BCUT2D eigenvalue weighted by Crippen LogP contribution is -2.43. The number of rotatable bonds is 2. The van der Waals surface area contributed by atoms with E-state index in [2.05, 4.69) is 17.0 Å². The van der Waals surface area contributed by atoms with Gasteiger partial charge in [-0.3, -0.25) is 0 Å². The summed E-state index contributed by atoms with van der Waals surface area (Å²) in [5.74, 6) is 0. The first-order valence-corrected chi connectivity index (χ1v) is 5.99. The second-order valence-corrected chi connectivity index (χ2v) is 4.66. The van der Waals surface area contributed by atoms with Gasteiger partial charge >= 0.3 is 5.30 Å². The number of para-hydroxylation sites is 1. The van der Waals surface area contributed by atoms with Gasteiger partial charge in [0.2, 0.25) is 0 Å². The van der Waals surface area contributed by atoms with Crippen molar-refractivity contribution >= 4 is 22.9 Å². The average Bonchev–Trinajstić information content (AvgIpc) is 2.30. The van der Waals surface area contributed by atoms with Gasteiger partial charge in [-0.25, -0.2) is 9.10 Å². The summed E-state index contributed by atoms with van der Waals surface area (Å²) >= 11 is 0.896. The summed E-state index contributed by atoms with van der Waals surface area (Å²) in [4.78, 5) is 12.8. The summed E-state index contributed by atoms with van der Waals surface area (Å²) in [6, 6.07) is 10.2. The molecule has 0 amide bonds. The van der Waals surface area contributed by atoms with Crippen LogP contribution in [0.2, 0.25) is 0 Å². The Kier molecular flexibility index (Phi) is 3.69.